The van der Waals surface area contributed by atoms with Crippen molar-refractivity contribution in [2.24, 2.45) is 22.7 Å². The number of allylic oxidation sites excluding steroid dienone is 1. The number of quaternary nitrogens is 1. The Morgan fingerprint density at radius 3 is 2.84 bits per heavy atom. The topological polar surface area (TPSA) is 79.7 Å². The van der Waals surface area contributed by atoms with Gasteiger partial charge in [-0.05, 0) is 73.7 Å². The summed E-state index contributed by atoms with van der Waals surface area (Å²) in [6.45, 7) is 15.6. The summed E-state index contributed by atoms with van der Waals surface area (Å²) in [6.07, 6.45) is 10.2. The molecule has 6 atom stereocenters. The lowest BCUT2D eigenvalue weighted by Crippen LogP contribution is -3.03. The second-order valence-corrected chi connectivity index (χ2v) is 11.2. The fourth-order valence-electron chi connectivity index (χ4n) is 6.87. The number of aliphatic hydroxyl groups is 1. The van der Waals surface area contributed by atoms with Crippen LogP contribution in [0, 0.1) is 22.7 Å². The van der Waals surface area contributed by atoms with Crippen LogP contribution >= 0.6 is 0 Å². The first-order chi connectivity index (χ1) is 15.1. The fraction of sp³-hybridized carbons (Fsp3) is 0.692. The van der Waals surface area contributed by atoms with Crippen molar-refractivity contribution in [2.75, 3.05) is 30.9 Å². The van der Waals surface area contributed by atoms with Crippen molar-refractivity contribution in [2.45, 2.75) is 72.3 Å². The van der Waals surface area contributed by atoms with Crippen LogP contribution < -0.4 is 15.5 Å². The molecule has 0 saturated heterocycles. The van der Waals surface area contributed by atoms with Crippen LogP contribution in [0.25, 0.3) is 0 Å². The van der Waals surface area contributed by atoms with Crippen molar-refractivity contribution in [3.8, 4) is 0 Å². The fourth-order valence-corrected chi connectivity index (χ4v) is 6.87. The van der Waals surface area contributed by atoms with E-state index in [9.17, 15) is 5.11 Å². The van der Waals surface area contributed by atoms with Crippen LogP contribution in [0.15, 0.2) is 30.1 Å². The molecule has 6 heteroatoms. The van der Waals surface area contributed by atoms with E-state index in [4.69, 9.17) is 5.73 Å². The first-order valence-electron chi connectivity index (χ1n) is 12.3. The molecule has 0 bridgehead atoms. The second kappa shape index (κ2) is 8.45. The van der Waals surface area contributed by atoms with E-state index in [0.717, 1.165) is 56.0 Å². The number of nitrogens with zero attached hydrogens (tertiary/aromatic N) is 3. The smallest absolute Gasteiger partial charge is 0.256 e. The molecular formula is C26H42N5O+. The summed E-state index contributed by atoms with van der Waals surface area (Å²) in [7, 11) is 2.12. The van der Waals surface area contributed by atoms with Crippen LogP contribution in [0.2, 0.25) is 0 Å². The number of rotatable bonds is 5. The SMILES string of the molecule is C=C1C(O)CCC2C1(C)CCC(C)C2(C)CCC(C)=CCN1C[NH+](C)c2ncnc(N)c21. The predicted molar refractivity (Wildman–Crippen MR) is 131 cm³/mol. The number of aromatic nitrogens is 2. The Hall–Kier alpha value is -1.92. The third-order valence-electron chi connectivity index (χ3n) is 9.37. The number of anilines is 2. The molecule has 3 aliphatic rings. The standard InChI is InChI=1S/C26H41N5O/c1-17(11-14-31-16-30(6)24-22(31)23(27)28-15-29-24)9-12-25(4)18(2)10-13-26(5)19(3)20(32)7-8-21(25)26/h11,15,18,20-21,32H,3,7-10,12-14,16H2,1-2,4-6H3,(H2,27,28,29)/p+1. The average Bonchev–Trinajstić information content (AvgIpc) is 3.09. The Balaban J connectivity index is 1.45. The summed E-state index contributed by atoms with van der Waals surface area (Å²) in [6, 6.07) is 0. The Morgan fingerprint density at radius 2 is 2.09 bits per heavy atom. The Kier molecular flexibility index (Phi) is 6.14. The molecule has 1 aromatic rings. The molecule has 0 spiro atoms. The molecule has 176 valence electrons. The quantitative estimate of drug-likeness (QED) is 0.611. The van der Waals surface area contributed by atoms with Gasteiger partial charge in [0, 0.05) is 6.54 Å². The number of hydrogen-bond acceptors (Lipinski definition) is 5. The summed E-state index contributed by atoms with van der Waals surface area (Å²) in [5, 5.41) is 10.5. The predicted octanol–water partition coefficient (Wildman–Crippen LogP) is 3.48. The number of nitrogens with one attached hydrogen (secondary N) is 1. The van der Waals surface area contributed by atoms with Crippen molar-refractivity contribution < 1.29 is 10.0 Å². The first-order valence-corrected chi connectivity index (χ1v) is 12.3. The van der Waals surface area contributed by atoms with E-state index < -0.39 is 0 Å². The molecule has 6 unspecified atom stereocenters. The average molecular weight is 441 g/mol. The lowest BCUT2D eigenvalue weighted by Gasteiger charge is -2.59. The highest BCUT2D eigenvalue weighted by Crippen LogP contribution is 2.62. The lowest BCUT2D eigenvalue weighted by atomic mass is 9.46. The van der Waals surface area contributed by atoms with Crippen LogP contribution in [-0.4, -0.2) is 41.4 Å². The molecule has 0 amide bonds. The number of nitrogen functional groups attached to an aromatic ring is 1. The second-order valence-electron chi connectivity index (χ2n) is 11.2. The van der Waals surface area contributed by atoms with E-state index in [0.29, 0.717) is 17.7 Å². The zero-order chi connectivity index (χ0) is 23.3. The van der Waals surface area contributed by atoms with Gasteiger partial charge in [-0.2, -0.15) is 4.98 Å². The van der Waals surface area contributed by atoms with E-state index in [2.05, 4.69) is 62.3 Å². The van der Waals surface area contributed by atoms with Crippen molar-refractivity contribution >= 4 is 17.3 Å². The molecule has 0 radical (unpaired) electrons. The van der Waals surface area contributed by atoms with Gasteiger partial charge < -0.3 is 15.7 Å². The van der Waals surface area contributed by atoms with Gasteiger partial charge in [-0.15, -0.1) is 0 Å². The van der Waals surface area contributed by atoms with Crippen LogP contribution in [0.3, 0.4) is 0 Å². The van der Waals surface area contributed by atoms with E-state index in [1.807, 2.05) is 0 Å². The highest BCUT2D eigenvalue weighted by atomic mass is 16.3. The van der Waals surface area contributed by atoms with E-state index in [1.165, 1.54) is 23.3 Å². The zero-order valence-corrected chi connectivity index (χ0v) is 20.6. The molecular weight excluding hydrogens is 398 g/mol. The van der Waals surface area contributed by atoms with Gasteiger partial charge >= 0.3 is 0 Å². The van der Waals surface area contributed by atoms with Crippen LogP contribution in [0.5, 0.6) is 0 Å². The molecule has 4 N–H and O–H groups in total. The number of nitrogens with two attached hydrogens (primary N) is 1. The van der Waals surface area contributed by atoms with Crippen molar-refractivity contribution in [3.63, 3.8) is 0 Å². The zero-order valence-electron chi connectivity index (χ0n) is 20.6. The van der Waals surface area contributed by atoms with E-state index in [-0.39, 0.29) is 16.9 Å². The minimum Gasteiger partial charge on any atom is -0.389 e. The largest absolute Gasteiger partial charge is 0.389 e. The first kappa shape index (κ1) is 23.2. The summed E-state index contributed by atoms with van der Waals surface area (Å²) in [4.78, 5) is 12.2. The van der Waals surface area contributed by atoms with Gasteiger partial charge in [0.05, 0.1) is 13.2 Å². The Morgan fingerprint density at radius 1 is 1.34 bits per heavy atom. The van der Waals surface area contributed by atoms with E-state index in [1.54, 1.807) is 6.33 Å². The van der Waals surface area contributed by atoms with Crippen LogP contribution in [0.4, 0.5) is 17.3 Å². The van der Waals surface area contributed by atoms with Gasteiger partial charge in [0.1, 0.15) is 6.33 Å². The van der Waals surface area contributed by atoms with Crippen molar-refractivity contribution in [1.29, 1.82) is 0 Å². The highest BCUT2D eigenvalue weighted by Gasteiger charge is 2.55. The molecule has 2 aliphatic carbocycles. The van der Waals surface area contributed by atoms with Gasteiger partial charge in [0.25, 0.3) is 5.82 Å². The van der Waals surface area contributed by atoms with Crippen molar-refractivity contribution in [3.05, 3.63) is 30.1 Å². The summed E-state index contributed by atoms with van der Waals surface area (Å²) < 4.78 is 0. The summed E-state index contributed by atoms with van der Waals surface area (Å²) >= 11 is 0. The number of hydrogen-bond donors (Lipinski definition) is 3. The molecule has 1 aromatic heterocycles. The normalized spacial score (nSPS) is 37.4. The lowest BCUT2D eigenvalue weighted by molar-refractivity contribution is -0.805. The van der Waals surface area contributed by atoms with E-state index >= 15 is 0 Å². The maximum absolute atomic E-state index is 10.5. The molecule has 2 heterocycles. The third kappa shape index (κ3) is 3.75. The van der Waals surface area contributed by atoms with Gasteiger partial charge in [0.15, 0.2) is 18.2 Å². The van der Waals surface area contributed by atoms with Gasteiger partial charge in [-0.3, -0.25) is 4.90 Å². The number of fused-ring (bicyclic) bond motifs is 2. The molecule has 4 rings (SSSR count). The van der Waals surface area contributed by atoms with Crippen molar-refractivity contribution in [1.82, 2.24) is 9.97 Å². The van der Waals surface area contributed by atoms with Gasteiger partial charge in [0.2, 0.25) is 0 Å². The maximum Gasteiger partial charge on any atom is 0.256 e. The molecule has 1 aliphatic heterocycles. The maximum atomic E-state index is 10.5. The minimum atomic E-state index is -0.324. The number of aliphatic hydroxyl groups excluding tert-OH is 1. The summed E-state index contributed by atoms with van der Waals surface area (Å²) in [5.41, 5.74) is 10.0. The molecule has 2 saturated carbocycles. The molecule has 0 aromatic carbocycles. The molecule has 32 heavy (non-hydrogen) atoms. The molecule has 2 fully saturated rings. The van der Waals surface area contributed by atoms with Crippen LogP contribution in [-0.2, 0) is 0 Å². The van der Waals surface area contributed by atoms with Gasteiger partial charge in [-0.1, -0.05) is 39.0 Å². The Bertz CT molecular complexity index is 913. The highest BCUT2D eigenvalue weighted by molar-refractivity contribution is 5.73. The monoisotopic (exact) mass is 440 g/mol. The minimum absolute atomic E-state index is 0.0701. The molecule has 6 nitrogen and oxygen atoms in total. The van der Waals surface area contributed by atoms with Crippen LogP contribution in [0.1, 0.15) is 66.2 Å². The Labute approximate surface area is 193 Å². The summed E-state index contributed by atoms with van der Waals surface area (Å²) in [5.74, 6) is 2.85. The van der Waals surface area contributed by atoms with Gasteiger partial charge in [-0.25, -0.2) is 4.98 Å². The third-order valence-corrected chi connectivity index (χ3v) is 9.37.